The fraction of sp³-hybridized carbons (Fsp3) is 1.00. The summed E-state index contributed by atoms with van der Waals surface area (Å²) in [6.45, 7) is 7.95. The molecule has 0 N–H and O–H groups in total. The molecule has 0 aromatic carbocycles. The Kier molecular flexibility index (Phi) is 10.6. The average Bonchev–Trinajstić information content (AvgIpc) is 3.02. The molecule has 1 fully saturated rings. The Labute approximate surface area is 104 Å². The highest BCUT2D eigenvalue weighted by Crippen LogP contribution is 2.09. The van der Waals surface area contributed by atoms with Crippen molar-refractivity contribution in [2.75, 3.05) is 33.0 Å². The van der Waals surface area contributed by atoms with Crippen LogP contribution in [-0.4, -0.2) is 59.4 Å². The molecule has 1 aliphatic rings. The highest BCUT2D eigenvalue weighted by atomic mass is 28.3. The van der Waals surface area contributed by atoms with Crippen LogP contribution in [0.1, 0.15) is 20.3 Å². The SMILES string of the molecule is CCO[SiH](CCCOCC1CO1)OCC.[SiH4]. The van der Waals surface area contributed by atoms with E-state index in [1.165, 1.54) is 0 Å². The molecule has 0 bridgehead atoms. The maximum Gasteiger partial charge on any atom is 0.321 e. The lowest BCUT2D eigenvalue weighted by Crippen LogP contribution is -2.23. The summed E-state index contributed by atoms with van der Waals surface area (Å²) in [6, 6.07) is 1.03. The second kappa shape index (κ2) is 10.4. The van der Waals surface area contributed by atoms with Gasteiger partial charge in [-0.05, 0) is 37.3 Å². The Bertz CT molecular complexity index is 150. The Morgan fingerprint density at radius 3 is 2.38 bits per heavy atom. The molecule has 0 spiro atoms. The monoisotopic (exact) mass is 266 g/mol. The summed E-state index contributed by atoms with van der Waals surface area (Å²) in [5, 5.41) is 0. The molecule has 0 saturated carbocycles. The molecule has 1 aliphatic heterocycles. The zero-order chi connectivity index (χ0) is 10.9. The van der Waals surface area contributed by atoms with Gasteiger partial charge in [-0.15, -0.1) is 0 Å². The van der Waals surface area contributed by atoms with Crippen molar-refractivity contribution in [3.05, 3.63) is 0 Å². The van der Waals surface area contributed by atoms with Crippen molar-refractivity contribution in [3.63, 3.8) is 0 Å². The summed E-state index contributed by atoms with van der Waals surface area (Å²) in [5.41, 5.74) is 0. The van der Waals surface area contributed by atoms with Gasteiger partial charge in [-0.3, -0.25) is 0 Å². The quantitative estimate of drug-likeness (QED) is 0.307. The predicted molar refractivity (Wildman–Crippen MR) is 71.7 cm³/mol. The van der Waals surface area contributed by atoms with Gasteiger partial charge in [-0.1, -0.05) is 0 Å². The van der Waals surface area contributed by atoms with Crippen LogP contribution in [0.25, 0.3) is 0 Å². The van der Waals surface area contributed by atoms with Gasteiger partial charge >= 0.3 is 9.28 Å². The van der Waals surface area contributed by atoms with Crippen molar-refractivity contribution in [1.82, 2.24) is 0 Å². The lowest BCUT2D eigenvalue weighted by atomic mass is 10.5. The zero-order valence-electron chi connectivity index (χ0n) is 9.74. The fourth-order valence-corrected chi connectivity index (χ4v) is 2.99. The molecule has 1 heterocycles. The Morgan fingerprint density at radius 1 is 1.25 bits per heavy atom. The van der Waals surface area contributed by atoms with E-state index >= 15 is 0 Å². The zero-order valence-corrected chi connectivity index (χ0v) is 10.9. The number of rotatable bonds is 10. The third kappa shape index (κ3) is 8.43. The standard InChI is InChI=1S/C10H22O4Si.H4Si/c1-3-13-15(14-4-2)7-5-6-11-8-10-9-12-10;/h10,15H,3-9H2,1-2H3;1H4. The molecule has 4 nitrogen and oxygen atoms in total. The highest BCUT2D eigenvalue weighted by Gasteiger charge is 2.22. The van der Waals surface area contributed by atoms with Gasteiger partial charge in [0, 0.05) is 19.8 Å². The van der Waals surface area contributed by atoms with Crippen LogP contribution in [0.5, 0.6) is 0 Å². The molecule has 0 amide bonds. The number of hydrogen-bond donors (Lipinski definition) is 0. The van der Waals surface area contributed by atoms with Gasteiger partial charge in [-0.2, -0.15) is 0 Å². The summed E-state index contributed by atoms with van der Waals surface area (Å²) in [7, 11) is -1.40. The first-order valence-corrected chi connectivity index (χ1v) is 7.55. The van der Waals surface area contributed by atoms with Crippen molar-refractivity contribution in [2.45, 2.75) is 32.4 Å². The van der Waals surface area contributed by atoms with E-state index in [2.05, 4.69) is 0 Å². The number of ether oxygens (including phenoxy) is 2. The van der Waals surface area contributed by atoms with Gasteiger partial charge in [0.15, 0.2) is 0 Å². The maximum atomic E-state index is 5.56. The van der Waals surface area contributed by atoms with Crippen molar-refractivity contribution >= 4 is 20.2 Å². The molecule has 0 aromatic rings. The fourth-order valence-electron chi connectivity index (χ4n) is 1.32. The minimum Gasteiger partial charge on any atom is -0.397 e. The van der Waals surface area contributed by atoms with Crippen LogP contribution in [0.15, 0.2) is 0 Å². The highest BCUT2D eigenvalue weighted by molar-refractivity contribution is 6.44. The van der Waals surface area contributed by atoms with Crippen LogP contribution < -0.4 is 0 Å². The third-order valence-electron chi connectivity index (χ3n) is 2.14. The van der Waals surface area contributed by atoms with Crippen molar-refractivity contribution < 1.29 is 18.3 Å². The summed E-state index contributed by atoms with van der Waals surface area (Å²) in [5.74, 6) is 0. The van der Waals surface area contributed by atoms with E-state index in [0.29, 0.717) is 6.10 Å². The van der Waals surface area contributed by atoms with Gasteiger partial charge in [0.1, 0.15) is 6.10 Å². The van der Waals surface area contributed by atoms with E-state index in [4.69, 9.17) is 18.3 Å². The Balaban J connectivity index is 0.00000225. The van der Waals surface area contributed by atoms with Crippen LogP contribution >= 0.6 is 0 Å². The van der Waals surface area contributed by atoms with E-state index in [1.54, 1.807) is 0 Å². The van der Waals surface area contributed by atoms with Crippen LogP contribution in [0.2, 0.25) is 6.04 Å². The summed E-state index contributed by atoms with van der Waals surface area (Å²) < 4.78 is 21.6. The van der Waals surface area contributed by atoms with Gasteiger partial charge in [0.2, 0.25) is 0 Å². The molecule has 6 heteroatoms. The summed E-state index contributed by atoms with van der Waals surface area (Å²) in [6.07, 6.45) is 1.40. The van der Waals surface area contributed by atoms with Gasteiger partial charge in [-0.25, -0.2) is 0 Å². The van der Waals surface area contributed by atoms with Gasteiger partial charge in [0.05, 0.1) is 13.2 Å². The first kappa shape index (κ1) is 16.3. The first-order chi connectivity index (χ1) is 7.36. The molecule has 98 valence electrons. The average molecular weight is 266 g/mol. The Morgan fingerprint density at radius 2 is 1.88 bits per heavy atom. The molecular formula is C10H26O4Si2. The van der Waals surface area contributed by atoms with Crippen LogP contribution in [0.4, 0.5) is 0 Å². The molecule has 16 heavy (non-hydrogen) atoms. The van der Waals surface area contributed by atoms with Crippen LogP contribution in [0.3, 0.4) is 0 Å². The van der Waals surface area contributed by atoms with Crippen LogP contribution in [0, 0.1) is 0 Å². The molecule has 0 aliphatic carbocycles. The van der Waals surface area contributed by atoms with Crippen molar-refractivity contribution in [3.8, 4) is 0 Å². The third-order valence-corrected chi connectivity index (χ3v) is 4.43. The second-order valence-corrected chi connectivity index (χ2v) is 5.62. The van der Waals surface area contributed by atoms with Crippen molar-refractivity contribution in [1.29, 1.82) is 0 Å². The maximum absolute atomic E-state index is 5.56. The number of hydrogen-bond acceptors (Lipinski definition) is 4. The van der Waals surface area contributed by atoms with Gasteiger partial charge < -0.3 is 18.3 Å². The molecule has 1 rings (SSSR count). The van der Waals surface area contributed by atoms with E-state index in [9.17, 15) is 0 Å². The largest absolute Gasteiger partial charge is 0.397 e. The lowest BCUT2D eigenvalue weighted by Gasteiger charge is -2.14. The summed E-state index contributed by atoms with van der Waals surface area (Å²) >= 11 is 0. The lowest BCUT2D eigenvalue weighted by molar-refractivity contribution is 0.114. The van der Waals surface area contributed by atoms with Gasteiger partial charge in [0.25, 0.3) is 0 Å². The normalized spacial score (nSPS) is 18.6. The van der Waals surface area contributed by atoms with E-state index in [0.717, 1.165) is 45.5 Å². The summed E-state index contributed by atoms with van der Waals surface area (Å²) in [4.78, 5) is 0. The minimum absolute atomic E-state index is 0. The van der Waals surface area contributed by atoms with Crippen molar-refractivity contribution in [2.24, 2.45) is 0 Å². The molecule has 0 aromatic heterocycles. The smallest absolute Gasteiger partial charge is 0.321 e. The molecule has 0 radical (unpaired) electrons. The van der Waals surface area contributed by atoms with E-state index in [-0.39, 0.29) is 11.0 Å². The van der Waals surface area contributed by atoms with Crippen LogP contribution in [-0.2, 0) is 18.3 Å². The first-order valence-electron chi connectivity index (χ1n) is 5.79. The van der Waals surface area contributed by atoms with E-state index < -0.39 is 9.28 Å². The number of epoxide rings is 1. The predicted octanol–water partition coefficient (Wildman–Crippen LogP) is -0.366. The van der Waals surface area contributed by atoms with E-state index in [1.807, 2.05) is 13.8 Å². The molecule has 1 unspecified atom stereocenters. The Hall–Kier alpha value is 0.274. The topological polar surface area (TPSA) is 40.2 Å². The molecular weight excluding hydrogens is 240 g/mol. The minimum atomic E-state index is -1.40. The molecule has 1 saturated heterocycles. The second-order valence-electron chi connectivity index (χ2n) is 3.51. The molecule has 1 atom stereocenters.